The van der Waals surface area contributed by atoms with Crippen molar-refractivity contribution < 1.29 is 0 Å². The van der Waals surface area contributed by atoms with Gasteiger partial charge in [-0.1, -0.05) is 0 Å². The van der Waals surface area contributed by atoms with E-state index in [2.05, 4.69) is 30.5 Å². The summed E-state index contributed by atoms with van der Waals surface area (Å²) in [6, 6.07) is 3.90. The minimum atomic E-state index is 0.690. The van der Waals surface area contributed by atoms with Crippen LogP contribution in [0.15, 0.2) is 24.5 Å². The third-order valence-corrected chi connectivity index (χ3v) is 3.28. The summed E-state index contributed by atoms with van der Waals surface area (Å²) in [5, 5.41) is 6.70. The molecule has 0 atom stereocenters. The van der Waals surface area contributed by atoms with Crippen molar-refractivity contribution in [3.63, 3.8) is 0 Å². The summed E-state index contributed by atoms with van der Waals surface area (Å²) in [5.41, 5.74) is 1.52. The van der Waals surface area contributed by atoms with Crippen molar-refractivity contribution in [1.29, 1.82) is 0 Å². The Kier molecular flexibility index (Phi) is 3.81. The number of nitrogens with zero attached hydrogens (tertiary/aromatic N) is 4. The molecule has 2 aromatic heterocycles. The highest BCUT2D eigenvalue weighted by Crippen LogP contribution is 2.09. The zero-order valence-corrected chi connectivity index (χ0v) is 10.8. The minimum absolute atomic E-state index is 0.690. The van der Waals surface area contributed by atoms with Crippen molar-refractivity contribution >= 4 is 17.0 Å². The highest BCUT2D eigenvalue weighted by Gasteiger charge is 2.08. The van der Waals surface area contributed by atoms with Crippen molar-refractivity contribution in [2.24, 2.45) is 0 Å². The standard InChI is InChI=1S/C13H18N6/c1-2-12(18-13-11(1)15-3-4-17-13)16-7-10-19-8-5-14-6-9-19/h1-4,14H,5-10H2,(H,16,17,18). The first kappa shape index (κ1) is 12.3. The molecule has 2 aromatic rings. The van der Waals surface area contributed by atoms with Crippen LogP contribution in [0.4, 0.5) is 5.82 Å². The summed E-state index contributed by atoms with van der Waals surface area (Å²) < 4.78 is 0. The number of hydrogen-bond acceptors (Lipinski definition) is 6. The first-order valence-corrected chi connectivity index (χ1v) is 6.66. The molecule has 19 heavy (non-hydrogen) atoms. The molecular formula is C13H18N6. The molecule has 0 aromatic carbocycles. The SMILES string of the molecule is c1cnc2nc(NCCN3CCNCC3)ccc2n1. The summed E-state index contributed by atoms with van der Waals surface area (Å²) in [6.07, 6.45) is 3.35. The number of rotatable bonds is 4. The van der Waals surface area contributed by atoms with Gasteiger partial charge in [-0.25, -0.2) is 9.97 Å². The molecule has 0 bridgehead atoms. The molecule has 0 amide bonds. The van der Waals surface area contributed by atoms with Crippen LogP contribution in [-0.2, 0) is 0 Å². The number of pyridine rings is 1. The van der Waals surface area contributed by atoms with E-state index in [-0.39, 0.29) is 0 Å². The minimum Gasteiger partial charge on any atom is -0.369 e. The zero-order chi connectivity index (χ0) is 12.9. The number of nitrogens with one attached hydrogen (secondary N) is 2. The van der Waals surface area contributed by atoms with E-state index in [0.717, 1.165) is 50.6 Å². The number of hydrogen-bond donors (Lipinski definition) is 2. The average Bonchev–Trinajstić information content (AvgIpc) is 2.48. The van der Waals surface area contributed by atoms with Crippen molar-refractivity contribution in [3.8, 4) is 0 Å². The maximum absolute atomic E-state index is 4.44. The van der Waals surface area contributed by atoms with Gasteiger partial charge >= 0.3 is 0 Å². The molecule has 6 nitrogen and oxygen atoms in total. The van der Waals surface area contributed by atoms with Crippen LogP contribution in [0.2, 0.25) is 0 Å². The first-order valence-electron chi connectivity index (χ1n) is 6.66. The van der Waals surface area contributed by atoms with Crippen molar-refractivity contribution in [3.05, 3.63) is 24.5 Å². The Morgan fingerprint density at radius 3 is 2.89 bits per heavy atom. The van der Waals surface area contributed by atoms with E-state index in [1.807, 2.05) is 12.1 Å². The third-order valence-electron chi connectivity index (χ3n) is 3.28. The van der Waals surface area contributed by atoms with Crippen molar-refractivity contribution in [1.82, 2.24) is 25.2 Å². The molecule has 1 aliphatic heterocycles. The maximum Gasteiger partial charge on any atom is 0.180 e. The van der Waals surface area contributed by atoms with Crippen LogP contribution in [0, 0.1) is 0 Å². The second kappa shape index (κ2) is 5.90. The molecule has 100 valence electrons. The van der Waals surface area contributed by atoms with Gasteiger partial charge in [-0.3, -0.25) is 9.88 Å². The normalized spacial score (nSPS) is 16.6. The summed E-state index contributed by atoms with van der Waals surface area (Å²) in [7, 11) is 0. The predicted octanol–water partition coefficient (Wildman–Crippen LogP) is 0.342. The van der Waals surface area contributed by atoms with Gasteiger partial charge in [-0.2, -0.15) is 0 Å². The van der Waals surface area contributed by atoms with Gasteiger partial charge in [0.2, 0.25) is 0 Å². The second-order valence-electron chi connectivity index (χ2n) is 4.61. The highest BCUT2D eigenvalue weighted by molar-refractivity contribution is 5.71. The molecule has 0 radical (unpaired) electrons. The number of piperazine rings is 1. The number of aromatic nitrogens is 3. The van der Waals surface area contributed by atoms with Gasteiger partial charge in [-0.05, 0) is 12.1 Å². The Balaban J connectivity index is 1.56. The van der Waals surface area contributed by atoms with Crippen LogP contribution in [0.3, 0.4) is 0 Å². The number of anilines is 1. The molecule has 1 saturated heterocycles. The molecule has 2 N–H and O–H groups in total. The van der Waals surface area contributed by atoms with E-state index >= 15 is 0 Å². The van der Waals surface area contributed by atoms with Gasteiger partial charge in [0, 0.05) is 51.7 Å². The van der Waals surface area contributed by atoms with Crippen molar-refractivity contribution in [2.45, 2.75) is 0 Å². The Hall–Kier alpha value is -1.79. The monoisotopic (exact) mass is 258 g/mol. The molecule has 1 fully saturated rings. The van der Waals surface area contributed by atoms with Crippen LogP contribution < -0.4 is 10.6 Å². The fourth-order valence-corrected chi connectivity index (χ4v) is 2.23. The Morgan fingerprint density at radius 2 is 2.00 bits per heavy atom. The number of fused-ring (bicyclic) bond motifs is 1. The predicted molar refractivity (Wildman–Crippen MR) is 75.1 cm³/mol. The van der Waals surface area contributed by atoms with Crippen LogP contribution >= 0.6 is 0 Å². The van der Waals surface area contributed by atoms with E-state index in [1.54, 1.807) is 12.4 Å². The van der Waals surface area contributed by atoms with E-state index in [1.165, 1.54) is 0 Å². The Morgan fingerprint density at radius 1 is 1.16 bits per heavy atom. The smallest absolute Gasteiger partial charge is 0.180 e. The lowest BCUT2D eigenvalue weighted by atomic mass is 10.3. The fourth-order valence-electron chi connectivity index (χ4n) is 2.23. The molecule has 3 heterocycles. The van der Waals surface area contributed by atoms with Gasteiger partial charge in [0.15, 0.2) is 5.65 Å². The molecule has 1 aliphatic rings. The molecular weight excluding hydrogens is 240 g/mol. The second-order valence-corrected chi connectivity index (χ2v) is 4.61. The van der Waals surface area contributed by atoms with Crippen LogP contribution in [-0.4, -0.2) is 59.1 Å². The molecule has 3 rings (SSSR count). The van der Waals surface area contributed by atoms with E-state index in [0.29, 0.717) is 5.65 Å². The lowest BCUT2D eigenvalue weighted by Crippen LogP contribution is -2.45. The van der Waals surface area contributed by atoms with Crippen LogP contribution in [0.1, 0.15) is 0 Å². The highest BCUT2D eigenvalue weighted by atomic mass is 15.2. The summed E-state index contributed by atoms with van der Waals surface area (Å²) in [6.45, 7) is 6.37. The quantitative estimate of drug-likeness (QED) is 0.824. The van der Waals surface area contributed by atoms with Crippen LogP contribution in [0.25, 0.3) is 11.2 Å². The maximum atomic E-state index is 4.44. The lowest BCUT2D eigenvalue weighted by molar-refractivity contribution is 0.249. The summed E-state index contributed by atoms with van der Waals surface area (Å²) in [4.78, 5) is 15.3. The Labute approximate surface area is 112 Å². The van der Waals surface area contributed by atoms with Gasteiger partial charge < -0.3 is 10.6 Å². The average molecular weight is 258 g/mol. The van der Waals surface area contributed by atoms with Crippen LogP contribution in [0.5, 0.6) is 0 Å². The fraction of sp³-hybridized carbons (Fsp3) is 0.462. The molecule has 6 heteroatoms. The molecule has 0 aliphatic carbocycles. The summed E-state index contributed by atoms with van der Waals surface area (Å²) in [5.74, 6) is 0.864. The summed E-state index contributed by atoms with van der Waals surface area (Å²) >= 11 is 0. The van der Waals surface area contributed by atoms with Gasteiger partial charge in [-0.15, -0.1) is 0 Å². The zero-order valence-electron chi connectivity index (χ0n) is 10.8. The van der Waals surface area contributed by atoms with Gasteiger partial charge in [0.05, 0.1) is 0 Å². The molecule has 0 spiro atoms. The van der Waals surface area contributed by atoms with Gasteiger partial charge in [0.1, 0.15) is 11.3 Å². The largest absolute Gasteiger partial charge is 0.369 e. The van der Waals surface area contributed by atoms with Crippen molar-refractivity contribution in [2.75, 3.05) is 44.6 Å². The Bertz CT molecular complexity index is 537. The molecule has 0 saturated carbocycles. The lowest BCUT2D eigenvalue weighted by Gasteiger charge is -2.27. The first-order chi connectivity index (χ1) is 9.42. The van der Waals surface area contributed by atoms with E-state index < -0.39 is 0 Å². The topological polar surface area (TPSA) is 66.0 Å². The van der Waals surface area contributed by atoms with E-state index in [4.69, 9.17) is 0 Å². The van der Waals surface area contributed by atoms with Gasteiger partial charge in [0.25, 0.3) is 0 Å². The van der Waals surface area contributed by atoms with E-state index in [9.17, 15) is 0 Å². The molecule has 0 unspecified atom stereocenters. The third kappa shape index (κ3) is 3.15.